The summed E-state index contributed by atoms with van der Waals surface area (Å²) in [6.07, 6.45) is 0. The van der Waals surface area contributed by atoms with Gasteiger partial charge in [0.05, 0.1) is 19.8 Å². The second-order valence-corrected chi connectivity index (χ2v) is 2.74. The normalized spacial score (nSPS) is 20.4. The summed E-state index contributed by atoms with van der Waals surface area (Å²) in [5, 5.41) is 0. The van der Waals surface area contributed by atoms with Crippen molar-refractivity contribution in [2.75, 3.05) is 26.9 Å². The highest BCUT2D eigenvalue weighted by molar-refractivity contribution is 4.79. The molecule has 0 spiro atoms. The minimum absolute atomic E-state index is 0.328. The highest BCUT2D eigenvalue weighted by Crippen LogP contribution is 2.25. The van der Waals surface area contributed by atoms with Gasteiger partial charge in [-0.1, -0.05) is 20.8 Å². The quantitative estimate of drug-likeness (QED) is 0.590. The molecule has 1 heterocycles. The van der Waals surface area contributed by atoms with Crippen molar-refractivity contribution in [3.8, 4) is 0 Å². The standard InChI is InChI=1S/C6H12O2.C2H6/c1-6(3-7-2)4-8-5-6;1-2/h3-5H2,1-2H3;1-2H3. The molecule has 0 atom stereocenters. The zero-order valence-electron chi connectivity index (χ0n) is 7.44. The zero-order chi connectivity index (χ0) is 8.04. The second kappa shape index (κ2) is 4.69. The highest BCUT2D eigenvalue weighted by atomic mass is 16.5. The Kier molecular flexibility index (Phi) is 4.65. The van der Waals surface area contributed by atoms with Gasteiger partial charge in [0.15, 0.2) is 0 Å². The molecule has 1 aliphatic heterocycles. The predicted molar refractivity (Wildman–Crippen MR) is 42.2 cm³/mol. The molecule has 10 heavy (non-hydrogen) atoms. The lowest BCUT2D eigenvalue weighted by Crippen LogP contribution is -2.43. The molecule has 0 amide bonds. The topological polar surface area (TPSA) is 18.5 Å². The van der Waals surface area contributed by atoms with Gasteiger partial charge >= 0.3 is 0 Å². The summed E-state index contributed by atoms with van der Waals surface area (Å²) in [6, 6.07) is 0. The lowest BCUT2D eigenvalue weighted by atomic mass is 9.90. The van der Waals surface area contributed by atoms with Gasteiger partial charge in [0, 0.05) is 12.5 Å². The zero-order valence-corrected chi connectivity index (χ0v) is 7.44. The van der Waals surface area contributed by atoms with E-state index in [2.05, 4.69) is 6.92 Å². The van der Waals surface area contributed by atoms with Crippen molar-refractivity contribution in [1.82, 2.24) is 0 Å². The van der Waals surface area contributed by atoms with Gasteiger partial charge in [-0.15, -0.1) is 0 Å². The van der Waals surface area contributed by atoms with E-state index >= 15 is 0 Å². The van der Waals surface area contributed by atoms with Gasteiger partial charge in [0.1, 0.15) is 0 Å². The van der Waals surface area contributed by atoms with Gasteiger partial charge in [0.25, 0.3) is 0 Å². The summed E-state index contributed by atoms with van der Waals surface area (Å²) >= 11 is 0. The van der Waals surface area contributed by atoms with Crippen molar-refractivity contribution < 1.29 is 9.47 Å². The molecular weight excluding hydrogens is 128 g/mol. The minimum Gasteiger partial charge on any atom is -0.384 e. The van der Waals surface area contributed by atoms with E-state index in [0.717, 1.165) is 19.8 Å². The molecule has 0 aromatic heterocycles. The van der Waals surface area contributed by atoms with E-state index in [1.165, 1.54) is 0 Å². The van der Waals surface area contributed by atoms with Crippen LogP contribution in [0.1, 0.15) is 20.8 Å². The number of ether oxygens (including phenoxy) is 2. The molecular formula is C8H18O2. The van der Waals surface area contributed by atoms with Crippen molar-refractivity contribution in [3.05, 3.63) is 0 Å². The number of rotatable bonds is 2. The maximum atomic E-state index is 5.01. The van der Waals surface area contributed by atoms with Crippen LogP contribution in [0.25, 0.3) is 0 Å². The molecule has 0 radical (unpaired) electrons. The van der Waals surface area contributed by atoms with Crippen LogP contribution in [0.5, 0.6) is 0 Å². The van der Waals surface area contributed by atoms with E-state index in [1.54, 1.807) is 7.11 Å². The summed E-state index contributed by atoms with van der Waals surface area (Å²) in [6.45, 7) is 8.72. The van der Waals surface area contributed by atoms with Gasteiger partial charge in [-0.05, 0) is 0 Å². The number of hydrogen-bond acceptors (Lipinski definition) is 2. The molecule has 0 unspecified atom stereocenters. The molecule has 0 aliphatic carbocycles. The number of hydrogen-bond donors (Lipinski definition) is 0. The Labute approximate surface area is 63.5 Å². The van der Waals surface area contributed by atoms with Crippen LogP contribution in [0.3, 0.4) is 0 Å². The van der Waals surface area contributed by atoms with E-state index in [1.807, 2.05) is 13.8 Å². The van der Waals surface area contributed by atoms with E-state index in [9.17, 15) is 0 Å². The molecule has 1 aliphatic rings. The fourth-order valence-electron chi connectivity index (χ4n) is 0.882. The van der Waals surface area contributed by atoms with E-state index in [-0.39, 0.29) is 0 Å². The van der Waals surface area contributed by atoms with E-state index < -0.39 is 0 Å². The Balaban J connectivity index is 0.000000371. The van der Waals surface area contributed by atoms with Crippen LogP contribution < -0.4 is 0 Å². The first-order chi connectivity index (χ1) is 4.77. The van der Waals surface area contributed by atoms with Gasteiger partial charge < -0.3 is 9.47 Å². The molecule has 2 nitrogen and oxygen atoms in total. The van der Waals surface area contributed by atoms with Crippen LogP contribution in [0.2, 0.25) is 0 Å². The maximum Gasteiger partial charge on any atom is 0.0564 e. The molecule has 1 saturated heterocycles. The first kappa shape index (κ1) is 9.92. The highest BCUT2D eigenvalue weighted by Gasteiger charge is 2.32. The van der Waals surface area contributed by atoms with Crippen molar-refractivity contribution in [2.45, 2.75) is 20.8 Å². The van der Waals surface area contributed by atoms with Gasteiger partial charge in [-0.3, -0.25) is 0 Å². The van der Waals surface area contributed by atoms with Crippen LogP contribution in [0, 0.1) is 5.41 Å². The van der Waals surface area contributed by atoms with Gasteiger partial charge in [-0.2, -0.15) is 0 Å². The Morgan fingerprint density at radius 2 is 1.90 bits per heavy atom. The molecule has 62 valence electrons. The van der Waals surface area contributed by atoms with Crippen LogP contribution in [-0.4, -0.2) is 26.9 Å². The van der Waals surface area contributed by atoms with Crippen LogP contribution in [0.4, 0.5) is 0 Å². The van der Waals surface area contributed by atoms with E-state index in [0.29, 0.717) is 5.41 Å². The van der Waals surface area contributed by atoms with E-state index in [4.69, 9.17) is 9.47 Å². The summed E-state index contributed by atoms with van der Waals surface area (Å²) in [7, 11) is 1.73. The van der Waals surface area contributed by atoms with Gasteiger partial charge in [-0.25, -0.2) is 0 Å². The molecule has 1 fully saturated rings. The van der Waals surface area contributed by atoms with Crippen molar-refractivity contribution in [2.24, 2.45) is 5.41 Å². The lowest BCUT2D eigenvalue weighted by molar-refractivity contribution is -0.131. The summed E-state index contributed by atoms with van der Waals surface area (Å²) in [4.78, 5) is 0. The molecule has 0 aromatic rings. The third kappa shape index (κ3) is 2.67. The molecule has 2 heteroatoms. The minimum atomic E-state index is 0.328. The fraction of sp³-hybridized carbons (Fsp3) is 1.00. The largest absolute Gasteiger partial charge is 0.384 e. The van der Waals surface area contributed by atoms with Crippen molar-refractivity contribution >= 4 is 0 Å². The SMILES string of the molecule is CC.COCC1(C)COC1. The summed E-state index contributed by atoms with van der Waals surface area (Å²) in [5.74, 6) is 0. The third-order valence-electron chi connectivity index (χ3n) is 1.39. The molecule has 0 bridgehead atoms. The average molecular weight is 146 g/mol. The maximum absolute atomic E-state index is 5.01. The fourth-order valence-corrected chi connectivity index (χ4v) is 0.882. The molecule has 0 aromatic carbocycles. The first-order valence-corrected chi connectivity index (χ1v) is 3.83. The molecule has 0 saturated carbocycles. The predicted octanol–water partition coefficient (Wildman–Crippen LogP) is 1.70. The Morgan fingerprint density at radius 1 is 1.40 bits per heavy atom. The molecule has 1 rings (SSSR count). The van der Waals surface area contributed by atoms with Crippen molar-refractivity contribution in [1.29, 1.82) is 0 Å². The average Bonchev–Trinajstić information content (AvgIpc) is 1.90. The monoisotopic (exact) mass is 146 g/mol. The Morgan fingerprint density at radius 3 is 2.00 bits per heavy atom. The Bertz CT molecular complexity index is 77.3. The lowest BCUT2D eigenvalue weighted by Gasteiger charge is -2.37. The Hall–Kier alpha value is -0.0800. The van der Waals surface area contributed by atoms with Crippen LogP contribution in [0.15, 0.2) is 0 Å². The summed E-state index contributed by atoms with van der Waals surface area (Å²) in [5.41, 5.74) is 0.328. The number of methoxy groups -OCH3 is 1. The van der Waals surface area contributed by atoms with Crippen LogP contribution in [-0.2, 0) is 9.47 Å². The molecule has 0 N–H and O–H groups in total. The summed E-state index contributed by atoms with van der Waals surface area (Å²) < 4.78 is 9.98. The third-order valence-corrected chi connectivity index (χ3v) is 1.39. The van der Waals surface area contributed by atoms with Gasteiger partial charge in [0.2, 0.25) is 0 Å². The smallest absolute Gasteiger partial charge is 0.0564 e. The first-order valence-electron chi connectivity index (χ1n) is 3.83. The van der Waals surface area contributed by atoms with Crippen LogP contribution >= 0.6 is 0 Å². The second-order valence-electron chi connectivity index (χ2n) is 2.74. The van der Waals surface area contributed by atoms with Crippen molar-refractivity contribution in [3.63, 3.8) is 0 Å².